The molecule has 1 aliphatic rings. The molecule has 0 saturated carbocycles. The van der Waals surface area contributed by atoms with Crippen LogP contribution in [0.4, 0.5) is 5.69 Å². The minimum atomic E-state index is -0.150. The van der Waals surface area contributed by atoms with E-state index in [0.29, 0.717) is 42.5 Å². The van der Waals surface area contributed by atoms with E-state index in [0.717, 1.165) is 16.9 Å². The lowest BCUT2D eigenvalue weighted by Crippen LogP contribution is -2.34. The number of amides is 2. The second kappa shape index (κ2) is 9.20. The first-order valence-electron chi connectivity index (χ1n) is 10.8. The third-order valence-corrected chi connectivity index (χ3v) is 6.25. The van der Waals surface area contributed by atoms with Gasteiger partial charge >= 0.3 is 0 Å². The van der Waals surface area contributed by atoms with Gasteiger partial charge in [-0.15, -0.1) is 0 Å². The smallest absolute Gasteiger partial charge is 0.242 e. The van der Waals surface area contributed by atoms with Gasteiger partial charge in [0.1, 0.15) is 18.1 Å². The Balaban J connectivity index is 1.71. The number of carbonyl (C=O) groups excluding carboxylic acids is 2. The number of hydrogen-bond acceptors (Lipinski definition) is 4. The molecule has 0 bridgehead atoms. The Kier molecular flexibility index (Phi) is 6.37. The van der Waals surface area contributed by atoms with Crippen molar-refractivity contribution < 1.29 is 14.3 Å². The second-order valence-electron chi connectivity index (χ2n) is 7.83. The molecule has 1 atom stereocenters. The van der Waals surface area contributed by atoms with Gasteiger partial charge in [-0.1, -0.05) is 23.7 Å². The standard InChI is InChI=1S/C24H27ClN4O3/c1-4-27(5-2)23(31)15-29-19-9-7-6-8-18(19)26-24(29)16-12-22(30)28(14-16)20-13-17(25)10-11-21(20)32-3/h6-11,13,16H,4-5,12,14-15H2,1-3H3. The maximum absolute atomic E-state index is 13.0. The van der Waals surface area contributed by atoms with Gasteiger partial charge in [-0.3, -0.25) is 9.59 Å². The molecule has 0 N–H and O–H groups in total. The van der Waals surface area contributed by atoms with Crippen molar-refractivity contribution in [3.63, 3.8) is 0 Å². The van der Waals surface area contributed by atoms with Gasteiger partial charge in [-0.2, -0.15) is 0 Å². The van der Waals surface area contributed by atoms with Crippen LogP contribution in [-0.4, -0.2) is 53.0 Å². The summed E-state index contributed by atoms with van der Waals surface area (Å²) in [7, 11) is 1.57. The fraction of sp³-hybridized carbons (Fsp3) is 0.375. The van der Waals surface area contributed by atoms with Crippen LogP contribution in [0.5, 0.6) is 5.75 Å². The van der Waals surface area contributed by atoms with Crippen LogP contribution < -0.4 is 9.64 Å². The van der Waals surface area contributed by atoms with Crippen LogP contribution >= 0.6 is 11.6 Å². The van der Waals surface area contributed by atoms with Crippen LogP contribution in [0.15, 0.2) is 42.5 Å². The molecule has 0 spiro atoms. The highest BCUT2D eigenvalue weighted by Crippen LogP contribution is 2.38. The summed E-state index contributed by atoms with van der Waals surface area (Å²) in [5.74, 6) is 1.21. The molecule has 1 fully saturated rings. The highest BCUT2D eigenvalue weighted by molar-refractivity contribution is 6.31. The monoisotopic (exact) mass is 454 g/mol. The normalized spacial score (nSPS) is 16.1. The summed E-state index contributed by atoms with van der Waals surface area (Å²) in [5, 5.41) is 0.536. The third-order valence-electron chi connectivity index (χ3n) is 6.02. The van der Waals surface area contributed by atoms with Crippen LogP contribution in [0, 0.1) is 0 Å². The Bertz CT molecular complexity index is 1160. The van der Waals surface area contributed by atoms with E-state index in [1.165, 1.54) is 0 Å². The van der Waals surface area contributed by atoms with E-state index in [9.17, 15) is 9.59 Å². The first-order chi connectivity index (χ1) is 15.5. The van der Waals surface area contributed by atoms with Gasteiger partial charge < -0.3 is 19.1 Å². The number of methoxy groups -OCH3 is 1. The van der Waals surface area contributed by atoms with Crippen molar-refractivity contribution in [1.82, 2.24) is 14.5 Å². The average molecular weight is 455 g/mol. The number of likely N-dealkylation sites (N-methyl/N-ethyl adjacent to an activating group) is 1. The van der Waals surface area contributed by atoms with Crippen molar-refractivity contribution in [1.29, 1.82) is 0 Å². The molecule has 8 heteroatoms. The summed E-state index contributed by atoms with van der Waals surface area (Å²) >= 11 is 6.19. The topological polar surface area (TPSA) is 67.7 Å². The first-order valence-corrected chi connectivity index (χ1v) is 11.2. The lowest BCUT2D eigenvalue weighted by Gasteiger charge is -2.21. The largest absolute Gasteiger partial charge is 0.495 e. The van der Waals surface area contributed by atoms with Gasteiger partial charge in [0.05, 0.1) is 23.8 Å². The van der Waals surface area contributed by atoms with Crippen LogP contribution in [0.2, 0.25) is 5.02 Å². The second-order valence-corrected chi connectivity index (χ2v) is 8.27. The van der Waals surface area contributed by atoms with E-state index in [-0.39, 0.29) is 24.3 Å². The number of fused-ring (bicyclic) bond motifs is 1. The zero-order valence-corrected chi connectivity index (χ0v) is 19.3. The molecule has 32 heavy (non-hydrogen) atoms. The van der Waals surface area contributed by atoms with Gasteiger partial charge in [0.2, 0.25) is 11.8 Å². The first kappa shape index (κ1) is 22.1. The maximum Gasteiger partial charge on any atom is 0.242 e. The number of ether oxygens (including phenoxy) is 1. The van der Waals surface area contributed by atoms with E-state index in [1.807, 2.05) is 47.6 Å². The predicted molar refractivity (Wildman–Crippen MR) is 125 cm³/mol. The zero-order chi connectivity index (χ0) is 22.8. The Morgan fingerprint density at radius 1 is 1.22 bits per heavy atom. The summed E-state index contributed by atoms with van der Waals surface area (Å²) in [6, 6.07) is 13.0. The molecule has 168 valence electrons. The molecule has 2 heterocycles. The maximum atomic E-state index is 13.0. The molecule has 3 aromatic rings. The Hall–Kier alpha value is -3.06. The van der Waals surface area contributed by atoms with Crippen LogP contribution in [-0.2, 0) is 16.1 Å². The van der Waals surface area contributed by atoms with Crippen molar-refractivity contribution in [3.8, 4) is 5.75 Å². The zero-order valence-electron chi connectivity index (χ0n) is 18.5. The summed E-state index contributed by atoms with van der Waals surface area (Å²) in [4.78, 5) is 34.3. The molecule has 2 aromatic carbocycles. The number of nitrogens with zero attached hydrogens (tertiary/aromatic N) is 4. The van der Waals surface area contributed by atoms with Crippen LogP contribution in [0.3, 0.4) is 0 Å². The summed E-state index contributed by atoms with van der Waals surface area (Å²) < 4.78 is 7.42. The molecule has 1 aliphatic heterocycles. The van der Waals surface area contributed by atoms with E-state index >= 15 is 0 Å². The molecule has 2 amide bonds. The number of anilines is 1. The van der Waals surface area contributed by atoms with Crippen molar-refractivity contribution >= 4 is 40.1 Å². The van der Waals surface area contributed by atoms with Crippen molar-refractivity contribution in [2.75, 3.05) is 31.6 Å². The molecule has 1 unspecified atom stereocenters. The van der Waals surface area contributed by atoms with Crippen molar-refractivity contribution in [2.45, 2.75) is 32.7 Å². The third kappa shape index (κ3) is 4.05. The van der Waals surface area contributed by atoms with Gasteiger partial charge in [0.15, 0.2) is 0 Å². The number of rotatable bonds is 7. The summed E-state index contributed by atoms with van der Waals surface area (Å²) in [6.07, 6.45) is 0.304. The van der Waals surface area contributed by atoms with E-state index in [1.54, 1.807) is 30.2 Å². The number of halogens is 1. The molecular formula is C24H27ClN4O3. The highest BCUT2D eigenvalue weighted by atomic mass is 35.5. The molecule has 4 rings (SSSR count). The van der Waals surface area contributed by atoms with Gasteiger partial charge in [0.25, 0.3) is 0 Å². The van der Waals surface area contributed by atoms with E-state index < -0.39 is 0 Å². The van der Waals surface area contributed by atoms with Crippen molar-refractivity contribution in [2.24, 2.45) is 0 Å². The molecule has 1 aromatic heterocycles. The predicted octanol–water partition coefficient (Wildman–Crippen LogP) is 4.09. The quantitative estimate of drug-likeness (QED) is 0.539. The number of para-hydroxylation sites is 2. The highest BCUT2D eigenvalue weighted by Gasteiger charge is 2.36. The summed E-state index contributed by atoms with van der Waals surface area (Å²) in [5.41, 5.74) is 2.37. The number of carbonyl (C=O) groups is 2. The lowest BCUT2D eigenvalue weighted by atomic mass is 10.1. The van der Waals surface area contributed by atoms with E-state index in [4.69, 9.17) is 21.3 Å². The Labute approximate surface area is 192 Å². The Morgan fingerprint density at radius 3 is 2.69 bits per heavy atom. The molecular weight excluding hydrogens is 428 g/mol. The molecule has 0 radical (unpaired) electrons. The number of imidazole rings is 1. The van der Waals surface area contributed by atoms with Crippen LogP contribution in [0.25, 0.3) is 11.0 Å². The van der Waals surface area contributed by atoms with E-state index in [2.05, 4.69) is 0 Å². The molecule has 0 aliphatic carbocycles. The number of benzene rings is 2. The SMILES string of the molecule is CCN(CC)C(=O)Cn1c(C2CC(=O)N(c3cc(Cl)ccc3OC)C2)nc2ccccc21. The molecule has 1 saturated heterocycles. The fourth-order valence-corrected chi connectivity index (χ4v) is 4.54. The average Bonchev–Trinajstić information content (AvgIpc) is 3.35. The van der Waals surface area contributed by atoms with Gasteiger partial charge in [-0.05, 0) is 44.2 Å². The number of aromatic nitrogens is 2. The summed E-state index contributed by atoms with van der Waals surface area (Å²) in [6.45, 7) is 5.89. The Morgan fingerprint density at radius 2 is 1.97 bits per heavy atom. The minimum absolute atomic E-state index is 0.0238. The lowest BCUT2D eigenvalue weighted by molar-refractivity contribution is -0.131. The van der Waals surface area contributed by atoms with Crippen LogP contribution in [0.1, 0.15) is 32.0 Å². The fourth-order valence-electron chi connectivity index (χ4n) is 4.37. The van der Waals surface area contributed by atoms with Gasteiger partial charge in [-0.25, -0.2) is 4.98 Å². The minimum Gasteiger partial charge on any atom is -0.495 e. The van der Waals surface area contributed by atoms with Gasteiger partial charge in [0, 0.05) is 37.0 Å². The molecule has 7 nitrogen and oxygen atoms in total. The number of hydrogen-bond donors (Lipinski definition) is 0. The van der Waals surface area contributed by atoms with Crippen molar-refractivity contribution in [3.05, 3.63) is 53.3 Å².